The van der Waals surface area contributed by atoms with Crippen molar-refractivity contribution < 1.29 is 9.53 Å². The lowest BCUT2D eigenvalue weighted by molar-refractivity contribution is -0.143. The quantitative estimate of drug-likeness (QED) is 0.813. The molecule has 0 saturated heterocycles. The lowest BCUT2D eigenvalue weighted by Gasteiger charge is -2.19. The van der Waals surface area contributed by atoms with Gasteiger partial charge in [0.15, 0.2) is 0 Å². The van der Waals surface area contributed by atoms with E-state index < -0.39 is 0 Å². The number of rotatable bonds is 4. The van der Waals surface area contributed by atoms with Crippen LogP contribution in [0.1, 0.15) is 31.9 Å². The molecule has 0 aliphatic rings. The van der Waals surface area contributed by atoms with E-state index in [0.29, 0.717) is 6.61 Å². The maximum atomic E-state index is 11.2. The van der Waals surface area contributed by atoms with Crippen LogP contribution in [0.25, 0.3) is 0 Å². The zero-order valence-electron chi connectivity index (χ0n) is 11.0. The summed E-state index contributed by atoms with van der Waals surface area (Å²) in [4.78, 5) is 11.2. The molecule has 3 nitrogen and oxygen atoms in total. The van der Waals surface area contributed by atoms with Crippen LogP contribution >= 0.6 is 0 Å². The highest BCUT2D eigenvalue weighted by atomic mass is 16.5. The molecular formula is C14H21NO2. The second-order valence-electron chi connectivity index (χ2n) is 5.14. The van der Waals surface area contributed by atoms with Gasteiger partial charge in [-0.1, -0.05) is 45.0 Å². The van der Waals surface area contributed by atoms with Gasteiger partial charge in [-0.15, -0.1) is 0 Å². The topological polar surface area (TPSA) is 38.3 Å². The molecule has 0 aliphatic carbocycles. The summed E-state index contributed by atoms with van der Waals surface area (Å²) in [6.07, 6.45) is 0. The average molecular weight is 235 g/mol. The molecule has 17 heavy (non-hydrogen) atoms. The molecule has 0 amide bonds. The van der Waals surface area contributed by atoms with Crippen molar-refractivity contribution in [2.24, 2.45) is 0 Å². The Morgan fingerprint density at radius 1 is 1.24 bits per heavy atom. The zero-order valence-corrected chi connectivity index (χ0v) is 11.0. The highest BCUT2D eigenvalue weighted by molar-refractivity contribution is 5.71. The van der Waals surface area contributed by atoms with Crippen molar-refractivity contribution >= 4 is 5.97 Å². The first kappa shape index (κ1) is 13.7. The van der Waals surface area contributed by atoms with E-state index in [4.69, 9.17) is 4.74 Å². The third-order valence-electron chi connectivity index (χ3n) is 2.54. The summed E-state index contributed by atoms with van der Waals surface area (Å²) in [5.74, 6) is -0.229. The van der Waals surface area contributed by atoms with E-state index in [2.05, 4.69) is 38.2 Å². The molecule has 0 heterocycles. The number of hydrogen-bond donors (Lipinski definition) is 1. The van der Waals surface area contributed by atoms with Gasteiger partial charge in [-0.25, -0.2) is 0 Å². The fourth-order valence-corrected chi connectivity index (χ4v) is 1.46. The number of esters is 1. The van der Waals surface area contributed by atoms with Gasteiger partial charge >= 0.3 is 5.97 Å². The number of carbonyl (C=O) groups is 1. The predicted octanol–water partition coefficient (Wildman–Crippen LogP) is 2.25. The van der Waals surface area contributed by atoms with Gasteiger partial charge in [0.2, 0.25) is 0 Å². The Bertz CT molecular complexity index is 363. The van der Waals surface area contributed by atoms with E-state index >= 15 is 0 Å². The van der Waals surface area contributed by atoms with Gasteiger partial charge < -0.3 is 10.1 Å². The maximum absolute atomic E-state index is 11.2. The Morgan fingerprint density at radius 2 is 1.82 bits per heavy atom. The SMILES string of the molecule is CNCC(=O)OCc1ccc(C(C)(C)C)cc1. The molecule has 0 unspecified atom stereocenters. The van der Waals surface area contributed by atoms with E-state index in [1.54, 1.807) is 7.05 Å². The molecule has 0 saturated carbocycles. The van der Waals surface area contributed by atoms with Crippen LogP contribution in [0.2, 0.25) is 0 Å². The molecule has 0 fully saturated rings. The Morgan fingerprint density at radius 3 is 2.29 bits per heavy atom. The predicted molar refractivity (Wildman–Crippen MR) is 68.9 cm³/mol. The fraction of sp³-hybridized carbons (Fsp3) is 0.500. The Kier molecular flexibility index (Phi) is 4.70. The molecule has 1 aromatic carbocycles. The van der Waals surface area contributed by atoms with Crippen molar-refractivity contribution in [1.29, 1.82) is 0 Å². The third-order valence-corrected chi connectivity index (χ3v) is 2.54. The number of likely N-dealkylation sites (N-methyl/N-ethyl adjacent to an activating group) is 1. The van der Waals surface area contributed by atoms with Crippen molar-refractivity contribution in [3.8, 4) is 0 Å². The van der Waals surface area contributed by atoms with E-state index in [1.165, 1.54) is 5.56 Å². The summed E-state index contributed by atoms with van der Waals surface area (Å²) < 4.78 is 5.09. The summed E-state index contributed by atoms with van der Waals surface area (Å²) in [5, 5.41) is 2.76. The van der Waals surface area contributed by atoms with Crippen LogP contribution < -0.4 is 5.32 Å². The van der Waals surface area contributed by atoms with Crippen LogP contribution in [-0.2, 0) is 21.6 Å². The van der Waals surface area contributed by atoms with Crippen LogP contribution in [0.3, 0.4) is 0 Å². The van der Waals surface area contributed by atoms with Gasteiger partial charge in [-0.2, -0.15) is 0 Å². The van der Waals surface area contributed by atoms with E-state index in [9.17, 15) is 4.79 Å². The van der Waals surface area contributed by atoms with Gasteiger partial charge in [-0.3, -0.25) is 4.79 Å². The monoisotopic (exact) mass is 235 g/mol. The summed E-state index contributed by atoms with van der Waals surface area (Å²) in [5.41, 5.74) is 2.45. The molecule has 0 aliphatic heterocycles. The number of carbonyl (C=O) groups excluding carboxylic acids is 1. The minimum absolute atomic E-state index is 0.154. The lowest BCUT2D eigenvalue weighted by atomic mass is 9.87. The summed E-state index contributed by atoms with van der Waals surface area (Å²) in [6, 6.07) is 8.18. The van der Waals surface area contributed by atoms with Crippen molar-refractivity contribution in [1.82, 2.24) is 5.32 Å². The smallest absolute Gasteiger partial charge is 0.320 e. The number of ether oxygens (including phenoxy) is 1. The Balaban J connectivity index is 2.54. The minimum atomic E-state index is -0.229. The van der Waals surface area contributed by atoms with Gasteiger partial charge in [-0.05, 0) is 23.6 Å². The van der Waals surface area contributed by atoms with Crippen molar-refractivity contribution in [2.45, 2.75) is 32.8 Å². The normalized spacial score (nSPS) is 11.3. The van der Waals surface area contributed by atoms with Gasteiger partial charge in [0.25, 0.3) is 0 Å². The molecule has 1 N–H and O–H groups in total. The van der Waals surface area contributed by atoms with Crippen LogP contribution in [0.5, 0.6) is 0 Å². The first-order chi connectivity index (χ1) is 7.93. The van der Waals surface area contributed by atoms with E-state index in [-0.39, 0.29) is 17.9 Å². The van der Waals surface area contributed by atoms with Gasteiger partial charge in [0, 0.05) is 0 Å². The lowest BCUT2D eigenvalue weighted by Crippen LogP contribution is -2.20. The Labute approximate surface area is 103 Å². The molecule has 1 aromatic rings. The molecule has 0 bridgehead atoms. The minimum Gasteiger partial charge on any atom is -0.460 e. The largest absolute Gasteiger partial charge is 0.460 e. The molecule has 94 valence electrons. The molecule has 0 spiro atoms. The van der Waals surface area contributed by atoms with Gasteiger partial charge in [0.1, 0.15) is 6.61 Å². The molecule has 1 rings (SSSR count). The number of hydrogen-bond acceptors (Lipinski definition) is 3. The number of benzene rings is 1. The Hall–Kier alpha value is -1.35. The maximum Gasteiger partial charge on any atom is 0.320 e. The standard InChI is InChI=1S/C14H21NO2/c1-14(2,3)12-7-5-11(6-8-12)10-17-13(16)9-15-4/h5-8,15H,9-10H2,1-4H3. The van der Waals surface area contributed by atoms with Gasteiger partial charge in [0.05, 0.1) is 6.54 Å². The highest BCUT2D eigenvalue weighted by Crippen LogP contribution is 2.22. The summed E-state index contributed by atoms with van der Waals surface area (Å²) in [6.45, 7) is 7.11. The average Bonchev–Trinajstić information content (AvgIpc) is 2.26. The molecule has 0 radical (unpaired) electrons. The van der Waals surface area contributed by atoms with Crippen LogP contribution in [0.15, 0.2) is 24.3 Å². The number of nitrogens with one attached hydrogen (secondary N) is 1. The van der Waals surface area contributed by atoms with Crippen molar-refractivity contribution in [2.75, 3.05) is 13.6 Å². The second-order valence-corrected chi connectivity index (χ2v) is 5.14. The van der Waals surface area contributed by atoms with E-state index in [0.717, 1.165) is 5.56 Å². The molecule has 0 aromatic heterocycles. The second kappa shape index (κ2) is 5.82. The van der Waals surface area contributed by atoms with E-state index in [1.807, 2.05) is 12.1 Å². The van der Waals surface area contributed by atoms with Crippen LogP contribution in [0.4, 0.5) is 0 Å². The zero-order chi connectivity index (χ0) is 12.9. The molecule has 0 atom stereocenters. The molecular weight excluding hydrogens is 214 g/mol. The highest BCUT2D eigenvalue weighted by Gasteiger charge is 2.12. The first-order valence-corrected chi connectivity index (χ1v) is 5.83. The third kappa shape index (κ3) is 4.57. The summed E-state index contributed by atoms with van der Waals surface area (Å²) in [7, 11) is 1.72. The van der Waals surface area contributed by atoms with Crippen molar-refractivity contribution in [3.63, 3.8) is 0 Å². The summed E-state index contributed by atoms with van der Waals surface area (Å²) >= 11 is 0. The van der Waals surface area contributed by atoms with Crippen LogP contribution in [0, 0.1) is 0 Å². The molecule has 3 heteroatoms. The fourth-order valence-electron chi connectivity index (χ4n) is 1.46. The van der Waals surface area contributed by atoms with Crippen molar-refractivity contribution in [3.05, 3.63) is 35.4 Å². The first-order valence-electron chi connectivity index (χ1n) is 5.83. The van der Waals surface area contributed by atoms with Crippen LogP contribution in [-0.4, -0.2) is 19.6 Å².